The van der Waals surface area contributed by atoms with E-state index in [4.69, 9.17) is 16.0 Å². The molecule has 28 heavy (non-hydrogen) atoms. The van der Waals surface area contributed by atoms with Crippen LogP contribution in [0, 0.1) is 6.08 Å². The summed E-state index contributed by atoms with van der Waals surface area (Å²) in [5, 5.41) is 0. The van der Waals surface area contributed by atoms with Gasteiger partial charge in [-0.15, -0.1) is 0 Å². The largest absolute Gasteiger partial charge is 0.440 e. The monoisotopic (exact) mass is 385 g/mol. The van der Waals surface area contributed by atoms with Gasteiger partial charge in [0.05, 0.1) is 29.3 Å². The molecule has 0 saturated carbocycles. The molecule has 0 amide bonds. The van der Waals surface area contributed by atoms with E-state index in [1.54, 1.807) is 0 Å². The highest BCUT2D eigenvalue weighted by Gasteiger charge is 2.39. The summed E-state index contributed by atoms with van der Waals surface area (Å²) in [6, 6.07) is 26.2. The zero-order valence-corrected chi connectivity index (χ0v) is 16.1. The highest BCUT2D eigenvalue weighted by molar-refractivity contribution is 6.24. The van der Waals surface area contributed by atoms with Gasteiger partial charge in [0.25, 0.3) is 0 Å². The number of fused-ring (bicyclic) bond motifs is 2. The minimum Gasteiger partial charge on any atom is -0.440 e. The van der Waals surface area contributed by atoms with Gasteiger partial charge in [-0.25, -0.2) is 4.98 Å². The number of alkyl halides is 1. The van der Waals surface area contributed by atoms with E-state index in [1.807, 2.05) is 54.6 Å². The van der Waals surface area contributed by atoms with E-state index < -0.39 is 0 Å². The molecule has 136 valence electrons. The maximum Gasteiger partial charge on any atom is 0.212 e. The van der Waals surface area contributed by atoms with Crippen LogP contribution in [0.25, 0.3) is 11.1 Å². The van der Waals surface area contributed by atoms with Gasteiger partial charge in [-0.05, 0) is 43.3 Å². The number of nitrogens with zero attached hydrogens (tertiary/aromatic N) is 2. The summed E-state index contributed by atoms with van der Waals surface area (Å²) in [4.78, 5) is 6.81. The number of anilines is 2. The Hall–Kier alpha value is -3.13. The summed E-state index contributed by atoms with van der Waals surface area (Å²) in [6.45, 7) is 2.07. The average molecular weight is 386 g/mol. The van der Waals surface area contributed by atoms with Crippen LogP contribution in [0.3, 0.4) is 0 Å². The summed E-state index contributed by atoms with van der Waals surface area (Å²) in [5.41, 5.74) is 5.29. The van der Waals surface area contributed by atoms with E-state index in [0.29, 0.717) is 5.89 Å². The fourth-order valence-electron chi connectivity index (χ4n) is 3.65. The predicted octanol–water partition coefficient (Wildman–Crippen LogP) is 6.43. The van der Waals surface area contributed by atoms with Gasteiger partial charge in [0, 0.05) is 6.07 Å². The highest BCUT2D eigenvalue weighted by Crippen LogP contribution is 2.43. The minimum atomic E-state index is -0.387. The van der Waals surface area contributed by atoms with E-state index >= 15 is 0 Å². The lowest BCUT2D eigenvalue weighted by atomic mass is 9.93. The molecule has 2 unspecified atom stereocenters. The van der Waals surface area contributed by atoms with Crippen molar-refractivity contribution in [3.8, 4) is 0 Å². The number of aromatic nitrogens is 1. The third kappa shape index (κ3) is 2.77. The minimum absolute atomic E-state index is 0.102. The van der Waals surface area contributed by atoms with Crippen molar-refractivity contribution in [2.75, 3.05) is 4.90 Å². The Morgan fingerprint density at radius 1 is 0.964 bits per heavy atom. The predicted molar refractivity (Wildman–Crippen MR) is 113 cm³/mol. The van der Waals surface area contributed by atoms with E-state index in [1.165, 1.54) is 0 Å². The molecule has 5 rings (SSSR count). The Morgan fingerprint density at radius 2 is 1.68 bits per heavy atom. The van der Waals surface area contributed by atoms with E-state index in [0.717, 1.165) is 33.6 Å². The Kier molecular flexibility index (Phi) is 4.12. The van der Waals surface area contributed by atoms with Crippen LogP contribution in [0.2, 0.25) is 0 Å². The van der Waals surface area contributed by atoms with Crippen molar-refractivity contribution in [3.63, 3.8) is 0 Å². The van der Waals surface area contributed by atoms with Gasteiger partial charge >= 0.3 is 0 Å². The SMILES string of the molecule is CC(C1=[C+]c2ccccc2N(c2ccccc2)C1Cl)c1nc2ccccc2o1. The lowest BCUT2D eigenvalue weighted by Crippen LogP contribution is -2.33. The topological polar surface area (TPSA) is 29.3 Å². The molecular weight excluding hydrogens is 368 g/mol. The van der Waals surface area contributed by atoms with Gasteiger partial charge in [0.2, 0.25) is 11.5 Å². The average Bonchev–Trinajstić information content (AvgIpc) is 3.18. The van der Waals surface area contributed by atoms with Crippen LogP contribution >= 0.6 is 11.6 Å². The van der Waals surface area contributed by atoms with Crippen LogP contribution in [0.15, 0.2) is 88.9 Å². The molecule has 4 aromatic rings. The molecule has 4 heteroatoms. The fourth-order valence-corrected chi connectivity index (χ4v) is 4.11. The van der Waals surface area contributed by atoms with E-state index in [2.05, 4.69) is 47.1 Å². The van der Waals surface area contributed by atoms with Gasteiger partial charge in [-0.1, -0.05) is 41.9 Å². The maximum atomic E-state index is 7.01. The number of benzene rings is 3. The second kappa shape index (κ2) is 6.79. The van der Waals surface area contributed by atoms with Gasteiger partial charge in [-0.2, -0.15) is 0 Å². The lowest BCUT2D eigenvalue weighted by molar-refractivity contribution is 0.504. The summed E-state index contributed by atoms with van der Waals surface area (Å²) < 4.78 is 6.01. The Balaban J connectivity index is 1.62. The van der Waals surface area contributed by atoms with Crippen molar-refractivity contribution < 1.29 is 4.42 Å². The van der Waals surface area contributed by atoms with Crippen molar-refractivity contribution in [1.82, 2.24) is 4.98 Å². The van der Waals surface area contributed by atoms with E-state index in [9.17, 15) is 0 Å². The normalized spacial score (nSPS) is 17.0. The second-order valence-electron chi connectivity index (χ2n) is 6.88. The van der Waals surface area contributed by atoms with Crippen LogP contribution < -0.4 is 4.90 Å². The van der Waals surface area contributed by atoms with Gasteiger partial charge < -0.3 is 4.42 Å². The molecular formula is C24H18ClN2O+. The summed E-state index contributed by atoms with van der Waals surface area (Å²) in [6.07, 6.45) is 3.53. The molecule has 0 bridgehead atoms. The zero-order valence-electron chi connectivity index (χ0n) is 15.3. The lowest BCUT2D eigenvalue weighted by Gasteiger charge is -2.31. The smallest absolute Gasteiger partial charge is 0.212 e. The van der Waals surface area contributed by atoms with Crippen molar-refractivity contribution in [2.24, 2.45) is 0 Å². The molecule has 0 aliphatic carbocycles. The fraction of sp³-hybridized carbons (Fsp3) is 0.125. The number of hydrogen-bond acceptors (Lipinski definition) is 3. The molecule has 3 aromatic carbocycles. The number of para-hydroxylation sites is 4. The number of hydrogen-bond donors (Lipinski definition) is 0. The van der Waals surface area contributed by atoms with E-state index in [-0.39, 0.29) is 11.4 Å². The van der Waals surface area contributed by atoms with Crippen molar-refractivity contribution in [1.29, 1.82) is 0 Å². The third-order valence-corrected chi connectivity index (χ3v) is 5.54. The Bertz CT molecular complexity index is 1130. The molecule has 3 nitrogen and oxygen atoms in total. The van der Waals surface area contributed by atoms with Crippen molar-refractivity contribution >= 4 is 34.1 Å². The second-order valence-corrected chi connectivity index (χ2v) is 7.29. The van der Waals surface area contributed by atoms with Crippen molar-refractivity contribution in [3.05, 3.63) is 102 Å². The molecule has 0 N–H and O–H groups in total. The molecule has 1 aromatic heterocycles. The summed E-state index contributed by atoms with van der Waals surface area (Å²) in [7, 11) is 0. The molecule has 2 heterocycles. The molecule has 2 atom stereocenters. The van der Waals surface area contributed by atoms with Crippen LogP contribution in [0.4, 0.5) is 11.4 Å². The first kappa shape index (κ1) is 17.0. The third-order valence-electron chi connectivity index (χ3n) is 5.11. The number of halogens is 1. The molecule has 1 aliphatic heterocycles. The van der Waals surface area contributed by atoms with Gasteiger partial charge in [0.15, 0.2) is 16.8 Å². The molecule has 0 fully saturated rings. The highest BCUT2D eigenvalue weighted by atomic mass is 35.5. The number of oxazole rings is 1. The Labute approximate surface area is 168 Å². The van der Waals surface area contributed by atoms with Gasteiger partial charge in [-0.3, -0.25) is 4.90 Å². The Morgan fingerprint density at radius 3 is 2.50 bits per heavy atom. The van der Waals surface area contributed by atoms with Gasteiger partial charge in [0.1, 0.15) is 5.52 Å². The first-order valence-corrected chi connectivity index (χ1v) is 9.72. The zero-order chi connectivity index (χ0) is 19.1. The number of rotatable bonds is 3. The van der Waals surface area contributed by atoms with Crippen LogP contribution in [0.1, 0.15) is 24.3 Å². The quantitative estimate of drug-likeness (QED) is 0.231. The molecule has 0 radical (unpaired) electrons. The van der Waals surface area contributed by atoms with Crippen LogP contribution in [-0.2, 0) is 0 Å². The standard InChI is InChI=1S/C24H18ClN2O/c1-16(24-26-20-12-6-8-14-22(20)28-24)19-15-17-9-5-7-13-21(17)27(23(19)25)18-10-3-2-4-11-18/h2-14,16,23H,1H3/q+1. The summed E-state index contributed by atoms with van der Waals surface area (Å²) in [5.74, 6) is 0.552. The van der Waals surface area contributed by atoms with Crippen molar-refractivity contribution in [2.45, 2.75) is 18.3 Å². The molecule has 0 saturated heterocycles. The van der Waals surface area contributed by atoms with Crippen LogP contribution in [0.5, 0.6) is 0 Å². The first-order valence-electron chi connectivity index (χ1n) is 9.29. The molecule has 1 aliphatic rings. The molecule has 0 spiro atoms. The first-order chi connectivity index (χ1) is 13.7. The summed E-state index contributed by atoms with van der Waals surface area (Å²) >= 11 is 7.01. The van der Waals surface area contributed by atoms with Crippen LogP contribution in [-0.4, -0.2) is 10.5 Å². The maximum absolute atomic E-state index is 7.01.